The molecule has 0 fully saturated rings. The summed E-state index contributed by atoms with van der Waals surface area (Å²) < 4.78 is 6.72. The molecule has 2 aromatic rings. The van der Waals surface area contributed by atoms with Gasteiger partial charge >= 0.3 is 0 Å². The number of carbonyl (C=O) groups excluding carboxylic acids is 1. The van der Waals surface area contributed by atoms with Crippen LogP contribution in [-0.4, -0.2) is 32.6 Å². The molecule has 0 unspecified atom stereocenters. The fraction of sp³-hybridized carbons (Fsp3) is 0.333. The number of ketones is 1. The smallest absolute Gasteiger partial charge is 0.243 e. The number of methoxy groups -OCH3 is 1. The van der Waals surface area contributed by atoms with Crippen LogP contribution in [0.3, 0.4) is 0 Å². The van der Waals surface area contributed by atoms with Gasteiger partial charge in [-0.2, -0.15) is 5.10 Å². The Kier molecular flexibility index (Phi) is 3.10. The Morgan fingerprint density at radius 1 is 1.28 bits per heavy atom. The first-order valence-corrected chi connectivity index (χ1v) is 5.46. The zero-order valence-electron chi connectivity index (χ0n) is 10.8. The van der Waals surface area contributed by atoms with Crippen LogP contribution in [0.2, 0.25) is 0 Å². The van der Waals surface area contributed by atoms with E-state index in [1.54, 1.807) is 18.7 Å². The second-order valence-electron chi connectivity index (χ2n) is 3.91. The number of aryl methyl sites for hydroxylation is 2. The van der Waals surface area contributed by atoms with E-state index in [0.29, 0.717) is 11.3 Å². The Bertz CT molecular complexity index is 604. The lowest BCUT2D eigenvalue weighted by atomic mass is 10.1. The molecule has 0 saturated heterocycles. The molecule has 0 radical (unpaired) electrons. The van der Waals surface area contributed by atoms with Gasteiger partial charge in [-0.15, -0.1) is 0 Å². The van der Waals surface area contributed by atoms with Gasteiger partial charge < -0.3 is 4.74 Å². The lowest BCUT2D eigenvalue weighted by Crippen LogP contribution is -2.10. The Hall–Kier alpha value is -2.24. The van der Waals surface area contributed by atoms with Crippen molar-refractivity contribution in [1.82, 2.24) is 19.7 Å². The lowest BCUT2D eigenvalue weighted by Gasteiger charge is -2.05. The molecule has 2 rings (SSSR count). The third-order valence-electron chi connectivity index (χ3n) is 2.81. The average Bonchev–Trinajstić information content (AvgIpc) is 2.62. The highest BCUT2D eigenvalue weighted by atomic mass is 16.5. The minimum atomic E-state index is -0.219. The number of hydrogen-bond acceptors (Lipinski definition) is 5. The van der Waals surface area contributed by atoms with Crippen molar-refractivity contribution in [1.29, 1.82) is 0 Å². The van der Waals surface area contributed by atoms with Crippen molar-refractivity contribution < 1.29 is 9.53 Å². The van der Waals surface area contributed by atoms with Crippen LogP contribution in [-0.2, 0) is 7.05 Å². The zero-order valence-corrected chi connectivity index (χ0v) is 10.8. The van der Waals surface area contributed by atoms with Crippen molar-refractivity contribution in [2.45, 2.75) is 13.8 Å². The van der Waals surface area contributed by atoms with Gasteiger partial charge in [0.25, 0.3) is 0 Å². The topological polar surface area (TPSA) is 69.9 Å². The van der Waals surface area contributed by atoms with Crippen LogP contribution in [0.1, 0.15) is 27.4 Å². The maximum absolute atomic E-state index is 12.4. The molecule has 2 heterocycles. The normalized spacial score (nSPS) is 10.4. The standard InChI is InChI=1S/C12H14N4O2/c1-7-9(8(2)16(3)15-7)11(17)10-12(18-4)14-6-5-13-10/h5-6H,1-4H3. The molecule has 0 spiro atoms. The van der Waals surface area contributed by atoms with Crippen molar-refractivity contribution in [3.8, 4) is 5.88 Å². The Morgan fingerprint density at radius 3 is 2.50 bits per heavy atom. The van der Waals surface area contributed by atoms with Crippen LogP contribution in [0, 0.1) is 13.8 Å². The van der Waals surface area contributed by atoms with Crippen molar-refractivity contribution in [3.63, 3.8) is 0 Å². The molecule has 2 aromatic heterocycles. The third kappa shape index (κ3) is 1.85. The molecule has 0 amide bonds. The number of ether oxygens (including phenoxy) is 1. The summed E-state index contributed by atoms with van der Waals surface area (Å²) in [6, 6.07) is 0. The number of rotatable bonds is 3. The monoisotopic (exact) mass is 246 g/mol. The molecular formula is C12H14N4O2. The molecule has 0 bridgehead atoms. The number of carbonyl (C=O) groups is 1. The van der Waals surface area contributed by atoms with Crippen LogP contribution < -0.4 is 4.74 Å². The van der Waals surface area contributed by atoms with Gasteiger partial charge in [0.2, 0.25) is 11.7 Å². The fourth-order valence-corrected chi connectivity index (χ4v) is 1.85. The molecule has 0 atom stereocenters. The van der Waals surface area contributed by atoms with Crippen LogP contribution in [0.4, 0.5) is 0 Å². The van der Waals surface area contributed by atoms with Crippen LogP contribution in [0.25, 0.3) is 0 Å². The molecule has 6 nitrogen and oxygen atoms in total. The van der Waals surface area contributed by atoms with Crippen LogP contribution >= 0.6 is 0 Å². The molecule has 0 N–H and O–H groups in total. The third-order valence-corrected chi connectivity index (χ3v) is 2.81. The van der Waals surface area contributed by atoms with Gasteiger partial charge in [0.05, 0.1) is 18.4 Å². The molecule has 18 heavy (non-hydrogen) atoms. The molecule has 0 aliphatic heterocycles. The van der Waals surface area contributed by atoms with Gasteiger partial charge in [-0.1, -0.05) is 0 Å². The van der Waals surface area contributed by atoms with Gasteiger partial charge in [0.1, 0.15) is 0 Å². The summed E-state index contributed by atoms with van der Waals surface area (Å²) in [5.74, 6) is 0.00760. The maximum Gasteiger partial charge on any atom is 0.243 e. The van der Waals surface area contributed by atoms with Crippen LogP contribution in [0.5, 0.6) is 5.88 Å². The van der Waals surface area contributed by atoms with Crippen LogP contribution in [0.15, 0.2) is 12.4 Å². The number of nitrogens with zero attached hydrogens (tertiary/aromatic N) is 4. The minimum absolute atomic E-state index is 0.208. The summed E-state index contributed by atoms with van der Waals surface area (Å²) in [6.45, 7) is 3.64. The van der Waals surface area contributed by atoms with E-state index in [1.165, 1.54) is 19.5 Å². The van der Waals surface area contributed by atoms with Crippen molar-refractivity contribution in [3.05, 3.63) is 35.0 Å². The van der Waals surface area contributed by atoms with E-state index < -0.39 is 0 Å². The van der Waals surface area contributed by atoms with Gasteiger partial charge in [-0.05, 0) is 13.8 Å². The Balaban J connectivity index is 2.55. The molecule has 94 valence electrons. The van der Waals surface area contributed by atoms with E-state index in [-0.39, 0.29) is 17.4 Å². The summed E-state index contributed by atoms with van der Waals surface area (Å²) in [4.78, 5) is 20.5. The molecular weight excluding hydrogens is 232 g/mol. The second-order valence-corrected chi connectivity index (χ2v) is 3.91. The largest absolute Gasteiger partial charge is 0.479 e. The highest BCUT2D eigenvalue weighted by Gasteiger charge is 2.23. The van der Waals surface area contributed by atoms with Gasteiger partial charge in [0, 0.05) is 25.1 Å². The van der Waals surface area contributed by atoms with E-state index in [4.69, 9.17) is 4.74 Å². The minimum Gasteiger partial charge on any atom is -0.479 e. The molecule has 0 aliphatic rings. The molecule has 0 aromatic carbocycles. The zero-order chi connectivity index (χ0) is 13.3. The Labute approximate surface area is 105 Å². The van der Waals surface area contributed by atoms with E-state index in [1.807, 2.05) is 6.92 Å². The van der Waals surface area contributed by atoms with E-state index in [0.717, 1.165) is 5.69 Å². The first kappa shape index (κ1) is 12.2. The predicted octanol–water partition coefficient (Wildman–Crippen LogP) is 1.07. The highest BCUT2D eigenvalue weighted by Crippen LogP contribution is 2.20. The second kappa shape index (κ2) is 4.56. The fourth-order valence-electron chi connectivity index (χ4n) is 1.85. The summed E-state index contributed by atoms with van der Waals surface area (Å²) >= 11 is 0. The average molecular weight is 246 g/mol. The quantitative estimate of drug-likeness (QED) is 0.757. The lowest BCUT2D eigenvalue weighted by molar-refractivity contribution is 0.102. The molecule has 0 aliphatic carbocycles. The first-order chi connectivity index (χ1) is 8.56. The highest BCUT2D eigenvalue weighted by molar-refractivity contribution is 6.10. The molecule has 6 heteroatoms. The summed E-state index contributed by atoms with van der Waals surface area (Å²) in [5.41, 5.74) is 2.23. The first-order valence-electron chi connectivity index (χ1n) is 5.46. The van der Waals surface area contributed by atoms with Crippen molar-refractivity contribution >= 4 is 5.78 Å². The van der Waals surface area contributed by atoms with Gasteiger partial charge in [0.15, 0.2) is 5.69 Å². The maximum atomic E-state index is 12.4. The van der Waals surface area contributed by atoms with Crippen molar-refractivity contribution in [2.75, 3.05) is 7.11 Å². The Morgan fingerprint density at radius 2 is 1.94 bits per heavy atom. The summed E-state index contributed by atoms with van der Waals surface area (Å²) in [5, 5.41) is 4.22. The predicted molar refractivity (Wildman–Crippen MR) is 64.7 cm³/mol. The number of aromatic nitrogens is 4. The van der Waals surface area contributed by atoms with E-state index >= 15 is 0 Å². The summed E-state index contributed by atoms with van der Waals surface area (Å²) in [6.07, 6.45) is 2.95. The SMILES string of the molecule is COc1nccnc1C(=O)c1c(C)nn(C)c1C. The number of hydrogen-bond donors (Lipinski definition) is 0. The summed E-state index contributed by atoms with van der Waals surface area (Å²) in [7, 11) is 3.26. The van der Waals surface area contributed by atoms with E-state index in [9.17, 15) is 4.79 Å². The van der Waals surface area contributed by atoms with Gasteiger partial charge in [-0.25, -0.2) is 9.97 Å². The molecule has 0 saturated carbocycles. The van der Waals surface area contributed by atoms with Crippen molar-refractivity contribution in [2.24, 2.45) is 7.05 Å². The van der Waals surface area contributed by atoms with E-state index in [2.05, 4.69) is 15.1 Å². The van der Waals surface area contributed by atoms with Gasteiger partial charge in [-0.3, -0.25) is 9.48 Å².